The third-order valence-corrected chi connectivity index (χ3v) is 2.45. The molecule has 16 heavy (non-hydrogen) atoms. The van der Waals surface area contributed by atoms with Crippen molar-refractivity contribution in [1.29, 1.82) is 0 Å². The Morgan fingerprint density at radius 2 is 1.94 bits per heavy atom. The second kappa shape index (κ2) is 3.52. The first-order valence-electron chi connectivity index (χ1n) is 4.24. The molecule has 0 unspecified atom stereocenters. The highest BCUT2D eigenvalue weighted by Crippen LogP contribution is 2.39. The van der Waals surface area contributed by atoms with Gasteiger partial charge in [-0.2, -0.15) is 13.2 Å². The Morgan fingerprint density at radius 3 is 2.56 bits per heavy atom. The summed E-state index contributed by atoms with van der Waals surface area (Å²) < 4.78 is 37.9. The van der Waals surface area contributed by atoms with E-state index in [1.165, 1.54) is 18.2 Å². The summed E-state index contributed by atoms with van der Waals surface area (Å²) in [4.78, 5) is 3.45. The van der Waals surface area contributed by atoms with E-state index in [9.17, 15) is 18.3 Å². The van der Waals surface area contributed by atoms with Crippen LogP contribution in [0, 0.1) is 0 Å². The van der Waals surface area contributed by atoms with E-state index in [4.69, 9.17) is 11.6 Å². The fourth-order valence-electron chi connectivity index (χ4n) is 1.47. The molecule has 0 aliphatic rings. The summed E-state index contributed by atoms with van der Waals surface area (Å²) in [6, 6.07) is 3.96. The third kappa shape index (κ3) is 1.67. The Morgan fingerprint density at radius 1 is 1.25 bits per heavy atom. The van der Waals surface area contributed by atoms with Crippen molar-refractivity contribution in [2.45, 2.75) is 6.18 Å². The average Bonchev–Trinajstić information content (AvgIpc) is 2.18. The van der Waals surface area contributed by atoms with Gasteiger partial charge in [0.25, 0.3) is 0 Å². The zero-order chi connectivity index (χ0) is 11.9. The van der Waals surface area contributed by atoms with Gasteiger partial charge in [0.05, 0.1) is 5.56 Å². The molecule has 0 atom stereocenters. The van der Waals surface area contributed by atoms with Gasteiger partial charge in [0.15, 0.2) is 0 Å². The zero-order valence-corrected chi connectivity index (χ0v) is 8.47. The van der Waals surface area contributed by atoms with Crippen molar-refractivity contribution in [2.24, 2.45) is 0 Å². The van der Waals surface area contributed by atoms with E-state index < -0.39 is 17.5 Å². The number of halogens is 4. The maximum atomic E-state index is 12.6. The molecular formula is C10H5ClF3NO. The molecule has 0 radical (unpaired) electrons. The molecular weight excluding hydrogens is 243 g/mol. The number of benzene rings is 1. The van der Waals surface area contributed by atoms with Crippen LogP contribution < -0.4 is 0 Å². The lowest BCUT2D eigenvalue weighted by atomic mass is 10.1. The summed E-state index contributed by atoms with van der Waals surface area (Å²) in [5, 5.41) is 9.14. The first-order valence-corrected chi connectivity index (χ1v) is 4.62. The monoisotopic (exact) mass is 247 g/mol. The van der Waals surface area contributed by atoms with Crippen LogP contribution in [-0.4, -0.2) is 10.1 Å². The molecule has 0 aliphatic heterocycles. The van der Waals surface area contributed by atoms with E-state index in [1.807, 2.05) is 0 Å². The summed E-state index contributed by atoms with van der Waals surface area (Å²) in [6.45, 7) is 0. The van der Waals surface area contributed by atoms with Crippen LogP contribution in [0.15, 0.2) is 24.4 Å². The summed E-state index contributed by atoms with van der Waals surface area (Å²) in [6.07, 6.45) is -3.96. The van der Waals surface area contributed by atoms with Crippen LogP contribution in [0.4, 0.5) is 13.2 Å². The molecule has 0 saturated heterocycles. The van der Waals surface area contributed by atoms with E-state index in [-0.39, 0.29) is 15.9 Å². The Balaban J connectivity index is 2.92. The lowest BCUT2D eigenvalue weighted by molar-refractivity contribution is -0.136. The molecule has 0 amide bonds. The SMILES string of the molecule is Oc1cccc2c(Cl)ncc(C(F)(F)F)c12. The minimum Gasteiger partial charge on any atom is -0.507 e. The Bertz CT molecular complexity index is 553. The van der Waals surface area contributed by atoms with Crippen LogP contribution in [0.25, 0.3) is 10.8 Å². The highest BCUT2D eigenvalue weighted by atomic mass is 35.5. The second-order valence-corrected chi connectivity index (χ2v) is 3.52. The minimum atomic E-state index is -4.57. The van der Waals surface area contributed by atoms with E-state index in [0.717, 1.165) is 0 Å². The maximum absolute atomic E-state index is 12.6. The van der Waals surface area contributed by atoms with Crippen molar-refractivity contribution in [3.8, 4) is 5.75 Å². The quantitative estimate of drug-likeness (QED) is 0.722. The van der Waals surface area contributed by atoms with Crippen LogP contribution in [0.3, 0.4) is 0 Å². The van der Waals surface area contributed by atoms with Gasteiger partial charge in [-0.25, -0.2) is 4.98 Å². The summed E-state index contributed by atoms with van der Waals surface area (Å²) in [7, 11) is 0. The maximum Gasteiger partial charge on any atom is 0.418 e. The molecule has 1 aromatic heterocycles. The molecule has 1 heterocycles. The molecule has 2 aromatic rings. The van der Waals surface area contributed by atoms with Gasteiger partial charge in [-0.15, -0.1) is 0 Å². The van der Waals surface area contributed by atoms with E-state index >= 15 is 0 Å². The molecule has 6 heteroatoms. The summed E-state index contributed by atoms with van der Waals surface area (Å²) in [5.41, 5.74) is -0.995. The largest absolute Gasteiger partial charge is 0.507 e. The van der Waals surface area contributed by atoms with Crippen LogP contribution in [-0.2, 0) is 6.18 Å². The van der Waals surface area contributed by atoms with Crippen molar-refractivity contribution >= 4 is 22.4 Å². The number of rotatable bonds is 0. The topological polar surface area (TPSA) is 33.1 Å². The van der Waals surface area contributed by atoms with Gasteiger partial charge in [0.1, 0.15) is 10.9 Å². The van der Waals surface area contributed by atoms with Crippen LogP contribution >= 0.6 is 11.6 Å². The van der Waals surface area contributed by atoms with E-state index in [2.05, 4.69) is 4.98 Å². The fourth-order valence-corrected chi connectivity index (χ4v) is 1.67. The van der Waals surface area contributed by atoms with Crippen LogP contribution in [0.1, 0.15) is 5.56 Å². The van der Waals surface area contributed by atoms with Gasteiger partial charge in [-0.05, 0) is 6.07 Å². The highest BCUT2D eigenvalue weighted by Gasteiger charge is 2.34. The number of alkyl halides is 3. The van der Waals surface area contributed by atoms with Gasteiger partial charge >= 0.3 is 6.18 Å². The molecule has 1 N–H and O–H groups in total. The number of phenolic OH excluding ortho intramolecular Hbond substituents is 1. The van der Waals surface area contributed by atoms with Crippen LogP contribution in [0.2, 0.25) is 5.15 Å². The Kier molecular flexibility index (Phi) is 2.42. The summed E-state index contributed by atoms with van der Waals surface area (Å²) in [5.74, 6) is -0.464. The van der Waals surface area contributed by atoms with Crippen molar-refractivity contribution in [1.82, 2.24) is 4.98 Å². The average molecular weight is 248 g/mol. The fraction of sp³-hybridized carbons (Fsp3) is 0.100. The molecule has 0 fully saturated rings. The molecule has 1 aromatic carbocycles. The van der Waals surface area contributed by atoms with E-state index in [0.29, 0.717) is 6.20 Å². The van der Waals surface area contributed by atoms with Gasteiger partial charge < -0.3 is 5.11 Å². The van der Waals surface area contributed by atoms with Gasteiger partial charge in [-0.3, -0.25) is 0 Å². The van der Waals surface area contributed by atoms with Crippen molar-refractivity contribution < 1.29 is 18.3 Å². The Hall–Kier alpha value is -1.49. The van der Waals surface area contributed by atoms with Gasteiger partial charge in [0.2, 0.25) is 0 Å². The molecule has 0 spiro atoms. The van der Waals surface area contributed by atoms with E-state index in [1.54, 1.807) is 0 Å². The predicted octanol–water partition coefficient (Wildman–Crippen LogP) is 3.61. The Labute approximate surface area is 93.3 Å². The smallest absolute Gasteiger partial charge is 0.418 e. The van der Waals surface area contributed by atoms with Crippen LogP contribution in [0.5, 0.6) is 5.75 Å². The summed E-state index contributed by atoms with van der Waals surface area (Å²) >= 11 is 5.66. The molecule has 0 bridgehead atoms. The first kappa shape index (κ1) is 11.0. The number of phenols is 1. The molecule has 0 aliphatic carbocycles. The number of nitrogens with zero attached hydrogens (tertiary/aromatic N) is 1. The van der Waals surface area contributed by atoms with Crippen molar-refractivity contribution in [2.75, 3.05) is 0 Å². The zero-order valence-electron chi connectivity index (χ0n) is 7.72. The normalized spacial score (nSPS) is 12.0. The number of fused-ring (bicyclic) bond motifs is 1. The van der Waals surface area contributed by atoms with Gasteiger partial charge in [0, 0.05) is 17.0 Å². The number of pyridine rings is 1. The van der Waals surface area contributed by atoms with Crippen molar-refractivity contribution in [3.05, 3.63) is 35.1 Å². The number of aromatic hydroxyl groups is 1. The predicted molar refractivity (Wildman–Crippen MR) is 53.4 cm³/mol. The molecule has 2 nitrogen and oxygen atoms in total. The third-order valence-electron chi connectivity index (χ3n) is 2.15. The second-order valence-electron chi connectivity index (χ2n) is 3.16. The van der Waals surface area contributed by atoms with Crippen molar-refractivity contribution in [3.63, 3.8) is 0 Å². The number of hydrogen-bond acceptors (Lipinski definition) is 2. The minimum absolute atomic E-state index is 0.0705. The lowest BCUT2D eigenvalue weighted by Crippen LogP contribution is -2.06. The first-order chi connectivity index (χ1) is 7.41. The number of aromatic nitrogens is 1. The standard InChI is InChI=1S/C10H5ClF3NO/c11-9-5-2-1-3-7(16)8(5)6(4-15-9)10(12,13)14/h1-4,16H. The molecule has 2 rings (SSSR count). The number of hydrogen-bond donors (Lipinski definition) is 1. The molecule has 84 valence electrons. The lowest BCUT2D eigenvalue weighted by Gasteiger charge is -2.11. The highest BCUT2D eigenvalue weighted by molar-refractivity contribution is 6.34. The van der Waals surface area contributed by atoms with Gasteiger partial charge in [-0.1, -0.05) is 23.7 Å². The molecule has 0 saturated carbocycles.